The number of fused-ring (bicyclic) bond motifs is 1. The Balaban J connectivity index is 1.58. The Kier molecular flexibility index (Phi) is 5.58. The summed E-state index contributed by atoms with van der Waals surface area (Å²) < 4.78 is 17.7. The predicted octanol–water partition coefficient (Wildman–Crippen LogP) is 2.30. The van der Waals surface area contributed by atoms with Crippen LogP contribution < -0.4 is 5.32 Å². The number of aliphatic hydroxyl groups is 1. The smallest absolute Gasteiger partial charge is 0.245 e. The molecule has 9 nitrogen and oxygen atoms in total. The van der Waals surface area contributed by atoms with E-state index in [0.29, 0.717) is 22.4 Å². The van der Waals surface area contributed by atoms with E-state index in [0.717, 1.165) is 12.2 Å². The van der Waals surface area contributed by atoms with Gasteiger partial charge in [-0.3, -0.25) is 5.32 Å². The highest BCUT2D eigenvalue weighted by Crippen LogP contribution is 2.44. The molecule has 0 saturated heterocycles. The Morgan fingerprint density at radius 3 is 3.00 bits per heavy atom. The minimum Gasteiger partial charge on any atom is -0.450 e. The van der Waals surface area contributed by atoms with Crippen molar-refractivity contribution < 1.29 is 19.3 Å². The second-order valence-corrected chi connectivity index (χ2v) is 8.72. The molecule has 0 radical (unpaired) electrons. The lowest BCUT2D eigenvalue weighted by Gasteiger charge is -2.33. The molecule has 0 aromatic rings. The average Bonchev–Trinajstić information content (AvgIpc) is 3.29. The van der Waals surface area contributed by atoms with Crippen LogP contribution in [0.1, 0.15) is 27.2 Å². The third kappa shape index (κ3) is 3.63. The van der Waals surface area contributed by atoms with Gasteiger partial charge in [-0.1, -0.05) is 23.7 Å². The van der Waals surface area contributed by atoms with Crippen molar-refractivity contribution in [3.63, 3.8) is 0 Å². The Morgan fingerprint density at radius 1 is 1.43 bits per heavy atom. The molecule has 0 bridgehead atoms. The number of hydrogen-bond donors (Lipinski definition) is 2. The third-order valence-electron chi connectivity index (χ3n) is 4.48. The number of hydrogen-bond acceptors (Lipinski definition) is 10. The van der Waals surface area contributed by atoms with Gasteiger partial charge in [0, 0.05) is 13.8 Å². The van der Waals surface area contributed by atoms with Crippen LogP contribution in [0.3, 0.4) is 0 Å². The molecular weight excluding hydrogens is 406 g/mol. The standard InChI is InChI=1S/C17H24ClN5O4S/c1-4-7-28-16-19-14(18)11-15(20-16)23(22-21-11)9-8-10(25-6-5-24)13-12(9)26-17(2,3)27-13/h8,10-11,15-16,20,24H,4-7H2,1-3H3/t10-,11?,15+,16?/m0/s1. The molecule has 4 aliphatic rings. The van der Waals surface area contributed by atoms with Crippen molar-refractivity contribution in [1.82, 2.24) is 10.3 Å². The van der Waals surface area contributed by atoms with Crippen molar-refractivity contribution >= 4 is 28.5 Å². The lowest BCUT2D eigenvalue weighted by molar-refractivity contribution is -0.133. The summed E-state index contributed by atoms with van der Waals surface area (Å²) in [7, 11) is 0. The van der Waals surface area contributed by atoms with E-state index in [1.165, 1.54) is 0 Å². The molecule has 2 N–H and O–H groups in total. The van der Waals surface area contributed by atoms with Gasteiger partial charge >= 0.3 is 0 Å². The Bertz CT molecular complexity index is 756. The van der Waals surface area contributed by atoms with E-state index < -0.39 is 11.9 Å². The first-order chi connectivity index (χ1) is 13.4. The predicted molar refractivity (Wildman–Crippen MR) is 105 cm³/mol. The molecule has 0 saturated carbocycles. The Morgan fingerprint density at radius 2 is 2.25 bits per heavy atom. The van der Waals surface area contributed by atoms with E-state index in [1.54, 1.807) is 16.8 Å². The molecule has 2 unspecified atom stereocenters. The zero-order valence-corrected chi connectivity index (χ0v) is 17.5. The third-order valence-corrected chi connectivity index (χ3v) is 6.00. The highest BCUT2D eigenvalue weighted by molar-refractivity contribution is 7.99. The maximum absolute atomic E-state index is 9.11. The zero-order chi connectivity index (χ0) is 19.9. The van der Waals surface area contributed by atoms with Crippen molar-refractivity contribution in [3.05, 3.63) is 23.3 Å². The summed E-state index contributed by atoms with van der Waals surface area (Å²) in [6.45, 7) is 5.90. The van der Waals surface area contributed by atoms with Gasteiger partial charge in [0.2, 0.25) is 5.79 Å². The van der Waals surface area contributed by atoms with Crippen molar-refractivity contribution in [1.29, 1.82) is 0 Å². The molecule has 28 heavy (non-hydrogen) atoms. The Hall–Kier alpha value is -1.33. The summed E-state index contributed by atoms with van der Waals surface area (Å²) in [5, 5.41) is 23.4. The molecular formula is C17H24ClN5O4S. The molecule has 0 aromatic carbocycles. The summed E-state index contributed by atoms with van der Waals surface area (Å²) in [5.41, 5.74) is 0.548. The Labute approximate surface area is 172 Å². The number of thioether (sulfide) groups is 1. The monoisotopic (exact) mass is 429 g/mol. The molecule has 154 valence electrons. The summed E-state index contributed by atoms with van der Waals surface area (Å²) in [6.07, 6.45) is 2.19. The van der Waals surface area contributed by atoms with E-state index in [4.69, 9.17) is 30.9 Å². The van der Waals surface area contributed by atoms with Crippen LogP contribution >= 0.6 is 23.4 Å². The molecule has 0 fully saturated rings. The summed E-state index contributed by atoms with van der Waals surface area (Å²) in [4.78, 5) is 4.48. The maximum atomic E-state index is 9.11. The first-order valence-electron chi connectivity index (χ1n) is 9.31. The maximum Gasteiger partial charge on any atom is 0.245 e. The van der Waals surface area contributed by atoms with Gasteiger partial charge in [-0.05, 0) is 18.2 Å². The number of nitrogens with zero attached hydrogens (tertiary/aromatic N) is 4. The van der Waals surface area contributed by atoms with Crippen molar-refractivity contribution in [2.75, 3.05) is 19.0 Å². The largest absolute Gasteiger partial charge is 0.450 e. The van der Waals surface area contributed by atoms with E-state index in [2.05, 4.69) is 27.6 Å². The van der Waals surface area contributed by atoms with E-state index in [1.807, 2.05) is 19.9 Å². The molecule has 4 atom stereocenters. The van der Waals surface area contributed by atoms with E-state index in [-0.39, 0.29) is 30.9 Å². The van der Waals surface area contributed by atoms with Gasteiger partial charge in [-0.2, -0.15) is 5.11 Å². The van der Waals surface area contributed by atoms with Crippen LogP contribution in [0.4, 0.5) is 0 Å². The highest BCUT2D eigenvalue weighted by atomic mass is 35.5. The number of rotatable bonds is 7. The van der Waals surface area contributed by atoms with Crippen LogP contribution in [0.15, 0.2) is 38.6 Å². The number of halogens is 1. The quantitative estimate of drug-likeness (QED) is 0.640. The van der Waals surface area contributed by atoms with Gasteiger partial charge in [-0.15, -0.1) is 11.8 Å². The second-order valence-electron chi connectivity index (χ2n) is 7.15. The number of ether oxygens (including phenoxy) is 3. The summed E-state index contributed by atoms with van der Waals surface area (Å²) in [6, 6.07) is -0.377. The zero-order valence-electron chi connectivity index (χ0n) is 16.0. The van der Waals surface area contributed by atoms with Gasteiger partial charge < -0.3 is 19.3 Å². The molecule has 3 heterocycles. The van der Waals surface area contributed by atoms with Crippen LogP contribution in [0.25, 0.3) is 0 Å². The van der Waals surface area contributed by atoms with E-state index >= 15 is 0 Å². The van der Waals surface area contributed by atoms with Crippen LogP contribution in [-0.2, 0) is 14.2 Å². The number of aliphatic hydroxyl groups excluding tert-OH is 1. The molecule has 0 amide bonds. The lowest BCUT2D eigenvalue weighted by Crippen LogP contribution is -2.54. The number of nitrogens with one attached hydrogen (secondary N) is 1. The first kappa shape index (κ1) is 20.0. The van der Waals surface area contributed by atoms with Crippen molar-refractivity contribution in [2.24, 2.45) is 15.3 Å². The highest BCUT2D eigenvalue weighted by Gasteiger charge is 2.49. The molecule has 4 rings (SSSR count). The fourth-order valence-electron chi connectivity index (χ4n) is 3.36. The van der Waals surface area contributed by atoms with Crippen molar-refractivity contribution in [3.8, 4) is 0 Å². The normalized spacial score (nSPS) is 32.7. The number of aliphatic imine (C=N–C) groups is 1. The van der Waals surface area contributed by atoms with Crippen molar-refractivity contribution in [2.45, 2.75) is 56.8 Å². The molecule has 11 heteroatoms. The van der Waals surface area contributed by atoms with Crippen LogP contribution in [0.2, 0.25) is 0 Å². The van der Waals surface area contributed by atoms with Crippen LogP contribution in [0, 0.1) is 0 Å². The van der Waals surface area contributed by atoms with Gasteiger partial charge in [0.15, 0.2) is 17.6 Å². The van der Waals surface area contributed by atoms with Gasteiger partial charge in [0.1, 0.15) is 28.6 Å². The first-order valence-corrected chi connectivity index (χ1v) is 10.7. The molecule has 0 aromatic heterocycles. The topological polar surface area (TPSA) is 100 Å². The average molecular weight is 430 g/mol. The molecule has 0 spiro atoms. The molecule has 1 aliphatic carbocycles. The minimum atomic E-state index is -0.806. The summed E-state index contributed by atoms with van der Waals surface area (Å²) >= 11 is 8.09. The minimum absolute atomic E-state index is 0.0788. The second kappa shape index (κ2) is 7.83. The van der Waals surface area contributed by atoms with Gasteiger partial charge in [0.05, 0.1) is 13.2 Å². The SMILES string of the molecule is CCCSC1N=C(Cl)C2N=NN(C3=C[C@H](OCCO)C4=C3OC(C)(C)O4)[C@H]2N1. The molecule has 3 aliphatic heterocycles. The fraction of sp³-hybridized carbons (Fsp3) is 0.706. The van der Waals surface area contributed by atoms with Gasteiger partial charge in [0.25, 0.3) is 0 Å². The van der Waals surface area contributed by atoms with Crippen LogP contribution in [-0.4, -0.2) is 63.8 Å². The van der Waals surface area contributed by atoms with Crippen LogP contribution in [0.5, 0.6) is 0 Å². The summed E-state index contributed by atoms with van der Waals surface area (Å²) in [5.74, 6) is 1.32. The fourth-order valence-corrected chi connectivity index (χ4v) is 4.56. The van der Waals surface area contributed by atoms with Gasteiger partial charge in [-0.25, -0.2) is 10.0 Å². The lowest BCUT2D eigenvalue weighted by atomic mass is 10.2. The van der Waals surface area contributed by atoms with E-state index in [9.17, 15) is 0 Å².